The Labute approximate surface area is 103 Å². The molecule has 0 saturated heterocycles. The normalized spacial score (nSPS) is 23.1. The Morgan fingerprint density at radius 3 is 2.53 bits per heavy atom. The van der Waals surface area contributed by atoms with E-state index in [9.17, 15) is 0 Å². The summed E-state index contributed by atoms with van der Waals surface area (Å²) in [5.74, 6) is 3.61. The zero-order chi connectivity index (χ0) is 12.3. The first-order valence-corrected chi connectivity index (χ1v) is 5.91. The van der Waals surface area contributed by atoms with Crippen molar-refractivity contribution in [1.29, 1.82) is 0 Å². The number of allylic oxidation sites excluding steroid dienone is 3. The molecule has 0 amide bonds. The summed E-state index contributed by atoms with van der Waals surface area (Å²) in [6.45, 7) is 4.41. The maximum atomic E-state index is 5.81. The number of ether oxygens (including phenoxy) is 2. The Morgan fingerprint density at radius 1 is 1.06 bits per heavy atom. The van der Waals surface area contributed by atoms with Crippen LogP contribution in [0, 0.1) is 11.8 Å². The topological polar surface area (TPSA) is 18.5 Å². The van der Waals surface area contributed by atoms with Crippen molar-refractivity contribution in [3.63, 3.8) is 0 Å². The van der Waals surface area contributed by atoms with Crippen LogP contribution in [0.3, 0.4) is 0 Å². The second-order valence-corrected chi connectivity index (χ2v) is 4.43. The molecule has 2 nitrogen and oxygen atoms in total. The minimum absolute atomic E-state index is 0.514. The van der Waals surface area contributed by atoms with Gasteiger partial charge >= 0.3 is 0 Å². The zero-order valence-electron chi connectivity index (χ0n) is 10.5. The highest BCUT2D eigenvalue weighted by molar-refractivity contribution is 5.35. The number of methoxy groups -OCH3 is 1. The summed E-state index contributed by atoms with van der Waals surface area (Å²) in [7, 11) is 1.66. The van der Waals surface area contributed by atoms with Gasteiger partial charge in [-0.3, -0.25) is 0 Å². The van der Waals surface area contributed by atoms with Crippen LogP contribution in [0.5, 0.6) is 11.5 Å². The van der Waals surface area contributed by atoms with E-state index in [4.69, 9.17) is 9.47 Å². The molecular weight excluding hydrogens is 212 g/mol. The van der Waals surface area contributed by atoms with Crippen LogP contribution in [-0.2, 0) is 0 Å². The molecule has 0 saturated carbocycles. The van der Waals surface area contributed by atoms with E-state index in [0.29, 0.717) is 11.8 Å². The van der Waals surface area contributed by atoms with Crippen molar-refractivity contribution in [2.45, 2.75) is 13.8 Å². The van der Waals surface area contributed by atoms with E-state index in [1.165, 1.54) is 0 Å². The van der Waals surface area contributed by atoms with Gasteiger partial charge in [0.15, 0.2) is 0 Å². The van der Waals surface area contributed by atoms with Crippen molar-refractivity contribution in [3.8, 4) is 11.5 Å². The Hall–Kier alpha value is -1.70. The lowest BCUT2D eigenvalue weighted by atomic mass is 9.91. The van der Waals surface area contributed by atoms with Gasteiger partial charge in [0, 0.05) is 6.07 Å². The third-order valence-corrected chi connectivity index (χ3v) is 3.10. The van der Waals surface area contributed by atoms with Crippen LogP contribution in [0.2, 0.25) is 0 Å². The highest BCUT2D eigenvalue weighted by Crippen LogP contribution is 2.26. The molecule has 1 aromatic carbocycles. The molecule has 90 valence electrons. The van der Waals surface area contributed by atoms with Crippen LogP contribution >= 0.6 is 0 Å². The van der Waals surface area contributed by atoms with E-state index in [2.05, 4.69) is 26.0 Å². The molecule has 2 atom stereocenters. The Kier molecular flexibility index (Phi) is 3.52. The van der Waals surface area contributed by atoms with E-state index in [1.807, 2.05) is 30.3 Å². The van der Waals surface area contributed by atoms with Crippen LogP contribution in [0.15, 0.2) is 48.3 Å². The maximum absolute atomic E-state index is 5.81. The number of hydrogen-bond acceptors (Lipinski definition) is 2. The summed E-state index contributed by atoms with van der Waals surface area (Å²) in [5, 5.41) is 0. The third kappa shape index (κ3) is 2.90. The zero-order valence-corrected chi connectivity index (χ0v) is 10.5. The first-order chi connectivity index (χ1) is 8.19. The van der Waals surface area contributed by atoms with Gasteiger partial charge in [0.05, 0.1) is 7.11 Å². The van der Waals surface area contributed by atoms with Gasteiger partial charge in [-0.2, -0.15) is 0 Å². The second-order valence-electron chi connectivity index (χ2n) is 4.43. The number of rotatable bonds is 3. The van der Waals surface area contributed by atoms with Crippen LogP contribution < -0.4 is 9.47 Å². The SMILES string of the molecule is COc1cccc(OC2=CC(C)C(C)C=C2)c1. The van der Waals surface area contributed by atoms with Crippen molar-refractivity contribution >= 4 is 0 Å². The van der Waals surface area contributed by atoms with Gasteiger partial charge in [0.2, 0.25) is 0 Å². The Balaban J connectivity index is 2.11. The minimum Gasteiger partial charge on any atom is -0.497 e. The second kappa shape index (κ2) is 5.09. The summed E-state index contributed by atoms with van der Waals surface area (Å²) in [6, 6.07) is 7.65. The lowest BCUT2D eigenvalue weighted by Crippen LogP contribution is -2.09. The van der Waals surface area contributed by atoms with E-state index in [1.54, 1.807) is 7.11 Å². The molecular formula is C15H18O2. The van der Waals surface area contributed by atoms with Crippen molar-refractivity contribution in [2.75, 3.05) is 7.11 Å². The summed E-state index contributed by atoms with van der Waals surface area (Å²) < 4.78 is 11.0. The van der Waals surface area contributed by atoms with E-state index in [-0.39, 0.29) is 0 Å². The van der Waals surface area contributed by atoms with Gasteiger partial charge in [-0.15, -0.1) is 0 Å². The Morgan fingerprint density at radius 2 is 1.82 bits per heavy atom. The molecule has 0 aliphatic heterocycles. The molecule has 2 unspecified atom stereocenters. The lowest BCUT2D eigenvalue weighted by Gasteiger charge is -2.19. The third-order valence-electron chi connectivity index (χ3n) is 3.10. The summed E-state index contributed by atoms with van der Waals surface area (Å²) in [4.78, 5) is 0. The number of benzene rings is 1. The molecule has 0 radical (unpaired) electrons. The van der Waals surface area contributed by atoms with Crippen molar-refractivity contribution in [3.05, 3.63) is 48.3 Å². The fourth-order valence-corrected chi connectivity index (χ4v) is 1.76. The largest absolute Gasteiger partial charge is 0.497 e. The molecule has 2 rings (SSSR count). The summed E-state index contributed by atoms with van der Waals surface area (Å²) in [5.41, 5.74) is 0. The molecule has 2 heteroatoms. The first-order valence-electron chi connectivity index (χ1n) is 5.91. The molecule has 0 aromatic heterocycles. The standard InChI is InChI=1S/C15H18O2/c1-11-7-8-15(9-12(11)2)17-14-6-4-5-13(10-14)16-3/h4-12H,1-3H3. The van der Waals surface area contributed by atoms with Crippen LogP contribution in [0.4, 0.5) is 0 Å². The van der Waals surface area contributed by atoms with E-state index in [0.717, 1.165) is 17.3 Å². The first kappa shape index (κ1) is 11.8. The molecule has 0 fully saturated rings. The maximum Gasteiger partial charge on any atom is 0.131 e. The van der Waals surface area contributed by atoms with Gasteiger partial charge in [0.1, 0.15) is 17.3 Å². The summed E-state index contributed by atoms with van der Waals surface area (Å²) in [6.07, 6.45) is 6.37. The van der Waals surface area contributed by atoms with Gasteiger partial charge in [0.25, 0.3) is 0 Å². The molecule has 0 heterocycles. The fourth-order valence-electron chi connectivity index (χ4n) is 1.76. The molecule has 1 aliphatic carbocycles. The van der Waals surface area contributed by atoms with Crippen molar-refractivity contribution in [1.82, 2.24) is 0 Å². The van der Waals surface area contributed by atoms with Crippen molar-refractivity contribution < 1.29 is 9.47 Å². The molecule has 1 aromatic rings. The lowest BCUT2D eigenvalue weighted by molar-refractivity contribution is 0.398. The minimum atomic E-state index is 0.514. The molecule has 0 spiro atoms. The predicted molar refractivity (Wildman–Crippen MR) is 69.2 cm³/mol. The molecule has 0 N–H and O–H groups in total. The highest BCUT2D eigenvalue weighted by Gasteiger charge is 2.13. The van der Waals surface area contributed by atoms with Crippen LogP contribution in [-0.4, -0.2) is 7.11 Å². The monoisotopic (exact) mass is 230 g/mol. The Bertz CT molecular complexity index is 446. The quantitative estimate of drug-likeness (QED) is 0.786. The molecule has 17 heavy (non-hydrogen) atoms. The van der Waals surface area contributed by atoms with Gasteiger partial charge in [-0.25, -0.2) is 0 Å². The average Bonchev–Trinajstić information content (AvgIpc) is 2.34. The van der Waals surface area contributed by atoms with Gasteiger partial charge < -0.3 is 9.47 Å². The highest BCUT2D eigenvalue weighted by atomic mass is 16.5. The molecule has 0 bridgehead atoms. The summed E-state index contributed by atoms with van der Waals surface area (Å²) >= 11 is 0. The number of hydrogen-bond donors (Lipinski definition) is 0. The van der Waals surface area contributed by atoms with E-state index < -0.39 is 0 Å². The van der Waals surface area contributed by atoms with Gasteiger partial charge in [-0.05, 0) is 36.1 Å². The van der Waals surface area contributed by atoms with E-state index >= 15 is 0 Å². The smallest absolute Gasteiger partial charge is 0.131 e. The fraction of sp³-hybridized carbons (Fsp3) is 0.333. The molecule has 1 aliphatic rings. The van der Waals surface area contributed by atoms with Crippen LogP contribution in [0.25, 0.3) is 0 Å². The van der Waals surface area contributed by atoms with Crippen LogP contribution in [0.1, 0.15) is 13.8 Å². The van der Waals surface area contributed by atoms with Crippen molar-refractivity contribution in [2.24, 2.45) is 11.8 Å². The predicted octanol–water partition coefficient (Wildman–Crippen LogP) is 3.80. The van der Waals surface area contributed by atoms with Gasteiger partial charge in [-0.1, -0.05) is 26.0 Å². The average molecular weight is 230 g/mol.